The zero-order valence-electron chi connectivity index (χ0n) is 13.9. The summed E-state index contributed by atoms with van der Waals surface area (Å²) in [5.74, 6) is -1.35. The first-order valence-electron chi connectivity index (χ1n) is 8.02. The fraction of sp³-hybridized carbons (Fsp3) is 0.471. The minimum Gasteiger partial charge on any atom is -0.354 e. The van der Waals surface area contributed by atoms with E-state index < -0.39 is 11.7 Å². The SMILES string of the molecule is CCN1CC(C(=O)NCCNC(=O)c2ccc(C)c(F)c2)CC1=O. The molecule has 2 rings (SSSR count). The van der Waals surface area contributed by atoms with E-state index in [9.17, 15) is 18.8 Å². The minimum absolute atomic E-state index is 0.00708. The fourth-order valence-electron chi connectivity index (χ4n) is 2.60. The Bertz CT molecular complexity index is 648. The molecule has 2 N–H and O–H groups in total. The van der Waals surface area contributed by atoms with E-state index in [1.807, 2.05) is 6.92 Å². The molecule has 0 saturated carbocycles. The molecular formula is C17H22FN3O3. The molecule has 1 fully saturated rings. The van der Waals surface area contributed by atoms with Gasteiger partial charge in [-0.05, 0) is 31.5 Å². The molecule has 3 amide bonds. The molecule has 1 aromatic rings. The Labute approximate surface area is 140 Å². The van der Waals surface area contributed by atoms with E-state index in [4.69, 9.17) is 0 Å². The van der Waals surface area contributed by atoms with Gasteiger partial charge in [0.05, 0.1) is 5.92 Å². The van der Waals surface area contributed by atoms with Gasteiger partial charge in [0.25, 0.3) is 5.91 Å². The van der Waals surface area contributed by atoms with Crippen molar-refractivity contribution in [3.05, 3.63) is 35.1 Å². The number of carbonyl (C=O) groups excluding carboxylic acids is 3. The van der Waals surface area contributed by atoms with Crippen LogP contribution in [0.15, 0.2) is 18.2 Å². The van der Waals surface area contributed by atoms with Gasteiger partial charge in [0.2, 0.25) is 11.8 Å². The Balaban J connectivity index is 1.72. The zero-order chi connectivity index (χ0) is 17.7. The van der Waals surface area contributed by atoms with Crippen molar-refractivity contribution in [2.75, 3.05) is 26.2 Å². The Hall–Kier alpha value is -2.44. The lowest BCUT2D eigenvalue weighted by Crippen LogP contribution is -2.38. The molecule has 1 aliphatic rings. The van der Waals surface area contributed by atoms with E-state index in [0.29, 0.717) is 18.7 Å². The van der Waals surface area contributed by atoms with Gasteiger partial charge in [-0.25, -0.2) is 4.39 Å². The molecule has 130 valence electrons. The van der Waals surface area contributed by atoms with Crippen LogP contribution in [-0.4, -0.2) is 48.8 Å². The summed E-state index contributed by atoms with van der Waals surface area (Å²) in [5.41, 5.74) is 0.718. The van der Waals surface area contributed by atoms with Crippen LogP contribution < -0.4 is 10.6 Å². The maximum atomic E-state index is 13.4. The molecule has 1 unspecified atom stereocenters. The number of halogens is 1. The van der Waals surface area contributed by atoms with Crippen molar-refractivity contribution < 1.29 is 18.8 Å². The molecule has 1 aromatic carbocycles. The van der Waals surface area contributed by atoms with E-state index in [2.05, 4.69) is 10.6 Å². The average molecular weight is 335 g/mol. The molecule has 1 saturated heterocycles. The zero-order valence-corrected chi connectivity index (χ0v) is 13.9. The highest BCUT2D eigenvalue weighted by Gasteiger charge is 2.32. The van der Waals surface area contributed by atoms with Gasteiger partial charge in [-0.15, -0.1) is 0 Å². The second-order valence-electron chi connectivity index (χ2n) is 5.84. The van der Waals surface area contributed by atoms with Gasteiger partial charge in [0.15, 0.2) is 0 Å². The summed E-state index contributed by atoms with van der Waals surface area (Å²) >= 11 is 0. The Kier molecular flexibility index (Phi) is 5.89. The second-order valence-corrected chi connectivity index (χ2v) is 5.84. The maximum absolute atomic E-state index is 13.4. The van der Waals surface area contributed by atoms with E-state index in [-0.39, 0.29) is 42.8 Å². The lowest BCUT2D eigenvalue weighted by atomic mass is 10.1. The largest absolute Gasteiger partial charge is 0.354 e. The summed E-state index contributed by atoms with van der Waals surface area (Å²) in [4.78, 5) is 37.1. The van der Waals surface area contributed by atoms with Gasteiger partial charge >= 0.3 is 0 Å². The van der Waals surface area contributed by atoms with Crippen molar-refractivity contribution in [1.29, 1.82) is 0 Å². The third kappa shape index (κ3) is 4.31. The number of likely N-dealkylation sites (tertiary alicyclic amines) is 1. The number of aryl methyl sites for hydroxylation is 1. The highest BCUT2D eigenvalue weighted by atomic mass is 19.1. The topological polar surface area (TPSA) is 78.5 Å². The normalized spacial score (nSPS) is 17.0. The first-order chi connectivity index (χ1) is 11.4. The van der Waals surface area contributed by atoms with Crippen LogP contribution in [-0.2, 0) is 9.59 Å². The monoisotopic (exact) mass is 335 g/mol. The number of amides is 3. The predicted molar refractivity (Wildman–Crippen MR) is 86.8 cm³/mol. The van der Waals surface area contributed by atoms with Crippen molar-refractivity contribution in [3.63, 3.8) is 0 Å². The van der Waals surface area contributed by atoms with E-state index in [1.54, 1.807) is 24.0 Å². The van der Waals surface area contributed by atoms with Crippen LogP contribution in [0.5, 0.6) is 0 Å². The molecule has 24 heavy (non-hydrogen) atoms. The fourth-order valence-corrected chi connectivity index (χ4v) is 2.60. The van der Waals surface area contributed by atoms with Gasteiger partial charge in [-0.1, -0.05) is 6.07 Å². The molecule has 1 heterocycles. The molecule has 0 bridgehead atoms. The molecule has 0 radical (unpaired) electrons. The van der Waals surface area contributed by atoms with Gasteiger partial charge in [0, 0.05) is 38.2 Å². The average Bonchev–Trinajstić information content (AvgIpc) is 2.94. The smallest absolute Gasteiger partial charge is 0.251 e. The number of rotatable bonds is 6. The number of nitrogens with one attached hydrogen (secondary N) is 2. The molecule has 7 heteroatoms. The van der Waals surface area contributed by atoms with Gasteiger partial charge in [-0.2, -0.15) is 0 Å². The Morgan fingerprint density at radius 1 is 1.29 bits per heavy atom. The van der Waals surface area contributed by atoms with Crippen molar-refractivity contribution in [3.8, 4) is 0 Å². The lowest BCUT2D eigenvalue weighted by Gasteiger charge is -2.13. The molecule has 0 spiro atoms. The summed E-state index contributed by atoms with van der Waals surface area (Å²) in [5, 5.41) is 5.33. The van der Waals surface area contributed by atoms with Crippen LogP contribution in [0.1, 0.15) is 29.3 Å². The highest BCUT2D eigenvalue weighted by Crippen LogP contribution is 2.17. The molecule has 1 aliphatic heterocycles. The van der Waals surface area contributed by atoms with Gasteiger partial charge in [0.1, 0.15) is 5.82 Å². The summed E-state index contributed by atoms with van der Waals surface area (Å²) in [6, 6.07) is 4.28. The third-order valence-corrected chi connectivity index (χ3v) is 4.11. The molecule has 6 nitrogen and oxygen atoms in total. The lowest BCUT2D eigenvalue weighted by molar-refractivity contribution is -0.128. The van der Waals surface area contributed by atoms with Crippen molar-refractivity contribution in [1.82, 2.24) is 15.5 Å². The van der Waals surface area contributed by atoms with Crippen molar-refractivity contribution >= 4 is 17.7 Å². The summed E-state index contributed by atoms with van der Waals surface area (Å²) in [7, 11) is 0. The van der Waals surface area contributed by atoms with Crippen LogP contribution in [0.25, 0.3) is 0 Å². The molecule has 0 aliphatic carbocycles. The summed E-state index contributed by atoms with van der Waals surface area (Å²) < 4.78 is 13.4. The van der Waals surface area contributed by atoms with Crippen molar-refractivity contribution in [2.45, 2.75) is 20.3 Å². The van der Waals surface area contributed by atoms with Crippen LogP contribution in [0, 0.1) is 18.7 Å². The maximum Gasteiger partial charge on any atom is 0.251 e. The number of hydrogen-bond donors (Lipinski definition) is 2. The number of hydrogen-bond acceptors (Lipinski definition) is 3. The summed E-state index contributed by atoms with van der Waals surface area (Å²) in [6.07, 6.45) is 0.231. The van der Waals surface area contributed by atoms with E-state index in [1.165, 1.54) is 6.07 Å². The Morgan fingerprint density at radius 2 is 2.00 bits per heavy atom. The minimum atomic E-state index is -0.428. The summed E-state index contributed by atoms with van der Waals surface area (Å²) in [6.45, 7) is 5.04. The molecule has 0 aromatic heterocycles. The third-order valence-electron chi connectivity index (χ3n) is 4.11. The standard InChI is InChI=1S/C17H22FN3O3/c1-3-21-10-13(9-15(21)22)17(24)20-7-6-19-16(23)12-5-4-11(2)14(18)8-12/h4-5,8,13H,3,6-7,9-10H2,1-2H3,(H,19,23)(H,20,24). The highest BCUT2D eigenvalue weighted by molar-refractivity contribution is 5.94. The first kappa shape index (κ1) is 17.9. The van der Waals surface area contributed by atoms with E-state index >= 15 is 0 Å². The molecular weight excluding hydrogens is 313 g/mol. The van der Waals surface area contributed by atoms with Gasteiger partial charge in [-0.3, -0.25) is 14.4 Å². The number of nitrogens with zero attached hydrogens (tertiary/aromatic N) is 1. The van der Waals surface area contributed by atoms with Gasteiger partial charge < -0.3 is 15.5 Å². The predicted octanol–water partition coefficient (Wildman–Crippen LogP) is 0.849. The van der Waals surface area contributed by atoms with Crippen LogP contribution in [0.4, 0.5) is 4.39 Å². The Morgan fingerprint density at radius 3 is 2.62 bits per heavy atom. The quantitative estimate of drug-likeness (QED) is 0.757. The van der Waals surface area contributed by atoms with Crippen LogP contribution in [0.2, 0.25) is 0 Å². The van der Waals surface area contributed by atoms with E-state index in [0.717, 1.165) is 0 Å². The molecule has 1 atom stereocenters. The second kappa shape index (κ2) is 7.90. The van der Waals surface area contributed by atoms with Crippen LogP contribution in [0.3, 0.4) is 0 Å². The van der Waals surface area contributed by atoms with Crippen LogP contribution >= 0.6 is 0 Å². The number of carbonyl (C=O) groups is 3. The van der Waals surface area contributed by atoms with Crippen molar-refractivity contribution in [2.24, 2.45) is 5.92 Å². The number of benzene rings is 1. The first-order valence-corrected chi connectivity index (χ1v) is 8.02.